The summed E-state index contributed by atoms with van der Waals surface area (Å²) < 4.78 is 23.7. The number of rotatable bonds is 12. The summed E-state index contributed by atoms with van der Waals surface area (Å²) in [5.74, 6) is 0. The van der Waals surface area contributed by atoms with E-state index >= 15 is 0 Å². The average molecular weight is 931 g/mol. The number of nitrogens with zero attached hydrogens (tertiary/aromatic N) is 6. The number of allylic oxidation sites excluding steroid dienone is 4. The predicted molar refractivity (Wildman–Crippen MR) is 250 cm³/mol. The first-order valence-electron chi connectivity index (χ1n) is 18.1. The van der Waals surface area contributed by atoms with Crippen molar-refractivity contribution >= 4 is 62.6 Å². The Morgan fingerprint density at radius 2 is 1.31 bits per heavy atom. The number of benzene rings is 4. The van der Waals surface area contributed by atoms with Crippen LogP contribution in [0.15, 0.2) is 185 Å². The van der Waals surface area contributed by atoms with Crippen molar-refractivity contribution in [3.8, 4) is 0 Å². The van der Waals surface area contributed by atoms with Gasteiger partial charge in [-0.1, -0.05) is 74.2 Å². The van der Waals surface area contributed by atoms with E-state index in [1.54, 1.807) is 0 Å². The molecule has 0 saturated carbocycles. The number of likely N-dealkylation sites (N-methyl/N-ethyl adjacent to an activating group) is 1. The molecule has 0 atom stereocenters. The molecule has 0 radical (unpaired) electrons. The van der Waals surface area contributed by atoms with E-state index in [-0.39, 0.29) is 31.4 Å². The van der Waals surface area contributed by atoms with E-state index in [0.717, 1.165) is 58.6 Å². The van der Waals surface area contributed by atoms with Gasteiger partial charge in [0.25, 0.3) is 10.1 Å². The molecule has 1 aromatic heterocycles. The third kappa shape index (κ3) is 17.8. The van der Waals surface area contributed by atoms with Gasteiger partial charge in [-0.15, -0.1) is 24.0 Å². The van der Waals surface area contributed by atoms with E-state index < -0.39 is 10.1 Å². The largest absolute Gasteiger partial charge is 0.707 e. The first kappa shape index (κ1) is 49.5. The molecule has 0 unspecified atom stereocenters. The van der Waals surface area contributed by atoms with Crippen LogP contribution in [0.25, 0.3) is 0 Å². The van der Waals surface area contributed by atoms with Crippen LogP contribution in [-0.2, 0) is 34.6 Å². The summed E-state index contributed by atoms with van der Waals surface area (Å²) in [5.41, 5.74) is 10.6. The lowest BCUT2D eigenvalue weighted by Crippen LogP contribution is -2.35. The molecule has 1 aliphatic rings. The summed E-state index contributed by atoms with van der Waals surface area (Å²) in [4.78, 5) is 2.03. The SMILES string of the molecule is C.C/C(=N\N(C)c1ccc(NCc2ccccc2)cc1)c1cccc[n+]1C.C/C(N=Nc1ccc(NCc2ccccc2)cc1)=C1/C=CC=CN1C.CS(=O)(=O)O[O-].I. The Bertz CT molecular complexity index is 2270. The lowest BCUT2D eigenvalue weighted by atomic mass is 10.2. The normalized spacial score (nSPS) is 12.8. The van der Waals surface area contributed by atoms with Crippen LogP contribution in [0.4, 0.5) is 22.7 Å². The summed E-state index contributed by atoms with van der Waals surface area (Å²) in [5, 5.41) is 31.0. The Balaban J connectivity index is 0.000000347. The van der Waals surface area contributed by atoms with Gasteiger partial charge in [-0.25, -0.2) is 8.42 Å². The number of aromatic nitrogens is 1. The van der Waals surface area contributed by atoms with Crippen molar-refractivity contribution in [2.75, 3.05) is 36.0 Å². The molecule has 1 aliphatic heterocycles. The van der Waals surface area contributed by atoms with E-state index in [4.69, 9.17) is 10.4 Å². The van der Waals surface area contributed by atoms with Gasteiger partial charge < -0.3 is 25.1 Å². The second-order valence-corrected chi connectivity index (χ2v) is 14.5. The number of nitrogens with one attached hydrogen (secondary N) is 2. The van der Waals surface area contributed by atoms with E-state index in [0.29, 0.717) is 6.26 Å². The van der Waals surface area contributed by atoms with Gasteiger partial charge in [0.1, 0.15) is 12.8 Å². The molecule has 0 bridgehead atoms. The Morgan fingerprint density at radius 3 is 1.80 bits per heavy atom. The standard InChI is InChI=1S/C22H25N4.C21H22N4.CH4O4S.CH4.HI/c1-18(22-11-7-8-16-25(22)2)24-26(3)21-14-12-20(13-15-21)23-17-19-9-5-4-6-10-19;1-17(21-10-6-7-15-25(21)2)23-24-20-13-11-19(12-14-20)22-16-18-8-4-3-5-9-18;1-6(3,4)5-2;;/h4-16,23H,17H2,1-3H3;3-15,22H,16H2,1-2H3;2H,1H3;1H4;1H/q+1;;;;/p-1/b;21-17+,24-23?;;;. The van der Waals surface area contributed by atoms with Gasteiger partial charge in [0.05, 0.1) is 29.0 Å². The molecule has 12 nitrogen and oxygen atoms in total. The number of halogens is 1. The highest BCUT2D eigenvalue weighted by Gasteiger charge is 2.10. The quantitative estimate of drug-likeness (QED) is 0.0316. The van der Waals surface area contributed by atoms with Gasteiger partial charge in [-0.3, -0.25) is 5.01 Å². The third-order valence-electron chi connectivity index (χ3n) is 8.38. The summed E-state index contributed by atoms with van der Waals surface area (Å²) >= 11 is 0. The molecule has 6 rings (SSSR count). The van der Waals surface area contributed by atoms with E-state index in [1.807, 2.05) is 136 Å². The Labute approximate surface area is 367 Å². The van der Waals surface area contributed by atoms with E-state index in [1.165, 1.54) is 11.1 Å². The molecule has 0 amide bonds. The lowest BCUT2D eigenvalue weighted by molar-refractivity contribution is -0.672. The summed E-state index contributed by atoms with van der Waals surface area (Å²) in [6.45, 7) is 5.62. The molecule has 0 aliphatic carbocycles. The van der Waals surface area contributed by atoms with Crippen molar-refractivity contribution in [3.05, 3.63) is 186 Å². The number of anilines is 3. The summed E-state index contributed by atoms with van der Waals surface area (Å²) in [6, 6.07) is 43.2. The number of pyridine rings is 1. The third-order valence-corrected chi connectivity index (χ3v) is 8.62. The molecule has 2 heterocycles. The zero-order valence-electron chi connectivity index (χ0n) is 33.6. The maximum atomic E-state index is 9.47. The number of hydrogen-bond donors (Lipinski definition) is 2. The van der Waals surface area contributed by atoms with Crippen LogP contribution in [0.5, 0.6) is 0 Å². The predicted octanol–water partition coefficient (Wildman–Crippen LogP) is 9.10. The van der Waals surface area contributed by atoms with Crippen LogP contribution in [0.3, 0.4) is 0 Å². The Morgan fingerprint density at radius 1 is 0.797 bits per heavy atom. The van der Waals surface area contributed by atoms with Crippen molar-refractivity contribution in [2.24, 2.45) is 22.4 Å². The maximum Gasteiger partial charge on any atom is 0.255 e. The molecular weight excluding hydrogens is 876 g/mol. The monoisotopic (exact) mass is 930 g/mol. The van der Waals surface area contributed by atoms with Gasteiger partial charge >= 0.3 is 0 Å². The number of azo groups is 1. The van der Waals surface area contributed by atoms with Crippen LogP contribution in [0, 0.1) is 0 Å². The highest BCUT2D eigenvalue weighted by Crippen LogP contribution is 2.21. The van der Waals surface area contributed by atoms with Gasteiger partial charge in [0.2, 0.25) is 5.69 Å². The van der Waals surface area contributed by atoms with Crippen LogP contribution in [0.2, 0.25) is 0 Å². The molecule has 0 saturated heterocycles. The second kappa shape index (κ2) is 25.6. The fourth-order valence-corrected chi connectivity index (χ4v) is 5.36. The van der Waals surface area contributed by atoms with Crippen LogP contribution >= 0.6 is 24.0 Å². The Kier molecular flexibility index (Phi) is 21.5. The number of aryl methyl sites for hydroxylation is 1. The molecule has 2 N–H and O–H groups in total. The van der Waals surface area contributed by atoms with Crippen LogP contribution in [-0.4, -0.2) is 39.4 Å². The molecule has 0 fully saturated rings. The maximum absolute atomic E-state index is 9.47. The minimum atomic E-state index is -3.72. The first-order chi connectivity index (χ1) is 27.4. The number of hydrogen-bond acceptors (Lipinski definition) is 11. The smallest absolute Gasteiger partial charge is 0.255 e. The van der Waals surface area contributed by atoms with Crippen molar-refractivity contribution in [3.63, 3.8) is 0 Å². The van der Waals surface area contributed by atoms with Crippen molar-refractivity contribution in [1.82, 2.24) is 4.90 Å². The summed E-state index contributed by atoms with van der Waals surface area (Å²) in [6.07, 6.45) is 10.7. The van der Waals surface area contributed by atoms with Crippen molar-refractivity contribution in [1.29, 1.82) is 0 Å². The minimum absolute atomic E-state index is 0. The highest BCUT2D eigenvalue weighted by molar-refractivity contribution is 14.0. The first-order valence-corrected chi connectivity index (χ1v) is 19.9. The zero-order valence-corrected chi connectivity index (χ0v) is 36.7. The van der Waals surface area contributed by atoms with E-state index in [2.05, 4.69) is 96.5 Å². The number of hydrazone groups is 1. The molecule has 5 aromatic rings. The molecule has 4 aromatic carbocycles. The average Bonchev–Trinajstić information content (AvgIpc) is 3.23. The summed E-state index contributed by atoms with van der Waals surface area (Å²) in [7, 11) is 2.28. The molecule has 59 heavy (non-hydrogen) atoms. The lowest BCUT2D eigenvalue weighted by Gasteiger charge is -2.18. The molecule has 14 heteroatoms. The molecule has 312 valence electrons. The van der Waals surface area contributed by atoms with Gasteiger partial charge in [0, 0.05) is 56.9 Å². The van der Waals surface area contributed by atoms with Gasteiger partial charge in [-0.05, 0) is 91.7 Å². The van der Waals surface area contributed by atoms with Gasteiger partial charge in [-0.2, -0.15) is 19.9 Å². The fraction of sp³-hybridized carbons (Fsp3) is 0.200. The second-order valence-electron chi connectivity index (χ2n) is 12.9. The van der Waals surface area contributed by atoms with Crippen molar-refractivity contribution in [2.45, 2.75) is 34.4 Å². The molecule has 0 spiro atoms. The minimum Gasteiger partial charge on any atom is -0.707 e. The Hall–Kier alpha value is -5.68. The van der Waals surface area contributed by atoms with E-state index in [9.17, 15) is 8.42 Å². The fourth-order valence-electron chi connectivity index (χ4n) is 5.36. The van der Waals surface area contributed by atoms with Crippen molar-refractivity contribution < 1.29 is 22.6 Å². The zero-order chi connectivity index (χ0) is 41.0. The molecular formula is C45H55IN8O4S. The highest BCUT2D eigenvalue weighted by atomic mass is 127. The van der Waals surface area contributed by atoms with Crippen LogP contribution in [0.1, 0.15) is 38.1 Å². The van der Waals surface area contributed by atoms with Crippen LogP contribution < -0.4 is 25.5 Å². The topological polar surface area (TPSA) is 138 Å². The van der Waals surface area contributed by atoms with Gasteiger partial charge in [0.15, 0.2) is 6.20 Å².